The van der Waals surface area contributed by atoms with Crippen molar-refractivity contribution in [1.29, 1.82) is 0 Å². The zero-order chi connectivity index (χ0) is 38.0. The van der Waals surface area contributed by atoms with E-state index < -0.39 is 0 Å². The van der Waals surface area contributed by atoms with E-state index in [4.69, 9.17) is 0 Å². The molecule has 0 N–H and O–H groups in total. The van der Waals surface area contributed by atoms with Gasteiger partial charge in [0, 0.05) is 19.8 Å². The summed E-state index contributed by atoms with van der Waals surface area (Å²) in [6, 6.07) is 38.7. The predicted molar refractivity (Wildman–Crippen MR) is 218 cm³/mol. The molecule has 0 bridgehead atoms. The van der Waals surface area contributed by atoms with E-state index in [0.717, 1.165) is 84.8 Å². The third kappa shape index (κ3) is 9.91. The van der Waals surface area contributed by atoms with Crippen molar-refractivity contribution in [3.8, 4) is 0 Å². The van der Waals surface area contributed by atoms with E-state index in [1.165, 1.54) is 5.56 Å². The van der Waals surface area contributed by atoms with E-state index in [0.29, 0.717) is 0 Å². The van der Waals surface area contributed by atoms with Crippen molar-refractivity contribution in [3.63, 3.8) is 0 Å². The summed E-state index contributed by atoms with van der Waals surface area (Å²) in [7, 11) is 4.01. The normalized spacial score (nSPS) is 12.0. The lowest BCUT2D eigenvalue weighted by Crippen LogP contribution is -2.07. The SMILES string of the molecule is Cc1ccc(N=Nc2ccc(N=Nc3ccc(N=Nc4ccc(N=Nc5ccc(N=Nc6ccc(N(C)C)cc6)cc5C)cc4C)cc3C)cc2C)cc1. The average Bonchev–Trinajstić information content (AvgIpc) is 3.16. The first-order valence-electron chi connectivity index (χ1n) is 17.4. The lowest BCUT2D eigenvalue weighted by Gasteiger charge is -2.11. The van der Waals surface area contributed by atoms with Crippen LogP contribution in [0.2, 0.25) is 0 Å². The summed E-state index contributed by atoms with van der Waals surface area (Å²) in [6.07, 6.45) is 0. The predicted octanol–water partition coefficient (Wildman–Crippen LogP) is 15.4. The quantitative estimate of drug-likeness (QED) is 0.122. The minimum Gasteiger partial charge on any atom is -0.378 e. The van der Waals surface area contributed by atoms with E-state index in [2.05, 4.69) is 51.1 Å². The van der Waals surface area contributed by atoms with Gasteiger partial charge in [0.15, 0.2) is 0 Å². The second-order valence-electron chi connectivity index (χ2n) is 13.1. The number of benzene rings is 6. The molecule has 0 amide bonds. The highest BCUT2D eigenvalue weighted by Gasteiger charge is 2.05. The molecule has 268 valence electrons. The van der Waals surface area contributed by atoms with Crippen LogP contribution in [-0.2, 0) is 0 Å². The molecule has 0 atom stereocenters. The van der Waals surface area contributed by atoms with E-state index in [1.807, 2.05) is 175 Å². The minimum atomic E-state index is 0.717. The lowest BCUT2D eigenvalue weighted by atomic mass is 10.2. The molecule has 0 aromatic heterocycles. The Morgan fingerprint density at radius 3 is 0.870 bits per heavy atom. The molecule has 6 aromatic carbocycles. The van der Waals surface area contributed by atoms with Gasteiger partial charge in [-0.05, 0) is 166 Å². The monoisotopic (exact) mass is 711 g/mol. The molecule has 54 heavy (non-hydrogen) atoms. The number of rotatable bonds is 11. The van der Waals surface area contributed by atoms with Gasteiger partial charge in [-0.2, -0.15) is 51.1 Å². The fourth-order valence-corrected chi connectivity index (χ4v) is 5.25. The van der Waals surface area contributed by atoms with Gasteiger partial charge < -0.3 is 4.90 Å². The molecule has 0 fully saturated rings. The van der Waals surface area contributed by atoms with Crippen LogP contribution in [0.15, 0.2) is 172 Å². The Hall–Kier alpha value is -6.88. The molecule has 6 rings (SSSR count). The van der Waals surface area contributed by atoms with Gasteiger partial charge in [-0.1, -0.05) is 17.7 Å². The van der Waals surface area contributed by atoms with E-state index >= 15 is 0 Å². The number of aryl methyl sites for hydroxylation is 5. The fourth-order valence-electron chi connectivity index (χ4n) is 5.25. The third-order valence-corrected chi connectivity index (χ3v) is 8.50. The van der Waals surface area contributed by atoms with Crippen molar-refractivity contribution < 1.29 is 0 Å². The Morgan fingerprint density at radius 1 is 0.296 bits per heavy atom. The topological polar surface area (TPSA) is 127 Å². The van der Waals surface area contributed by atoms with Crippen LogP contribution in [0, 0.1) is 34.6 Å². The molecule has 0 aliphatic carbocycles. The lowest BCUT2D eigenvalue weighted by molar-refractivity contribution is 1.13. The summed E-state index contributed by atoms with van der Waals surface area (Å²) in [5.41, 5.74) is 13.6. The molecule has 0 radical (unpaired) electrons. The second-order valence-corrected chi connectivity index (χ2v) is 13.1. The Bertz CT molecular complexity index is 2410. The Morgan fingerprint density at radius 2 is 0.556 bits per heavy atom. The van der Waals surface area contributed by atoms with Gasteiger partial charge in [0.1, 0.15) is 0 Å². The maximum absolute atomic E-state index is 4.49. The standard InChI is InChI=1S/C43H41N11/c1-28-8-10-33(11-9-28)45-50-40-21-15-36(25-30(40)3)47-52-42-23-17-38(27-32(42)5)49-53-43-22-16-37(26-31(43)4)48-51-41-20-14-35(24-29(41)2)46-44-34-12-18-39(19-13-34)54(6)7/h8-27H,1-7H3. The van der Waals surface area contributed by atoms with Gasteiger partial charge in [0.05, 0.1) is 56.9 Å². The Labute approximate surface area is 315 Å². The van der Waals surface area contributed by atoms with Gasteiger partial charge >= 0.3 is 0 Å². The average molecular weight is 712 g/mol. The van der Waals surface area contributed by atoms with E-state index in [9.17, 15) is 0 Å². The van der Waals surface area contributed by atoms with Gasteiger partial charge in [-0.3, -0.25) is 0 Å². The van der Waals surface area contributed by atoms with Crippen molar-refractivity contribution in [2.45, 2.75) is 34.6 Å². The van der Waals surface area contributed by atoms with Crippen molar-refractivity contribution in [1.82, 2.24) is 0 Å². The zero-order valence-corrected chi connectivity index (χ0v) is 31.5. The molecule has 11 nitrogen and oxygen atoms in total. The van der Waals surface area contributed by atoms with E-state index in [-0.39, 0.29) is 0 Å². The first-order valence-corrected chi connectivity index (χ1v) is 17.4. The van der Waals surface area contributed by atoms with Crippen molar-refractivity contribution in [2.24, 2.45) is 51.1 Å². The molecule has 0 unspecified atom stereocenters. The number of azo groups is 5. The molecule has 0 aliphatic heterocycles. The first kappa shape index (κ1) is 36.9. The molecule has 11 heteroatoms. The maximum Gasteiger partial charge on any atom is 0.0887 e. The molecule has 0 saturated heterocycles. The summed E-state index contributed by atoms with van der Waals surface area (Å²) < 4.78 is 0. The van der Waals surface area contributed by atoms with Crippen LogP contribution in [-0.4, -0.2) is 14.1 Å². The van der Waals surface area contributed by atoms with Gasteiger partial charge in [-0.15, -0.1) is 0 Å². The van der Waals surface area contributed by atoms with Crippen LogP contribution in [0.5, 0.6) is 0 Å². The van der Waals surface area contributed by atoms with Crippen molar-refractivity contribution >= 4 is 62.6 Å². The maximum atomic E-state index is 4.49. The molecule has 0 heterocycles. The Balaban J connectivity index is 1.05. The zero-order valence-electron chi connectivity index (χ0n) is 31.5. The van der Waals surface area contributed by atoms with Gasteiger partial charge in [-0.25, -0.2) is 0 Å². The van der Waals surface area contributed by atoms with Gasteiger partial charge in [0.2, 0.25) is 0 Å². The van der Waals surface area contributed by atoms with E-state index in [1.54, 1.807) is 0 Å². The molecule has 0 saturated carbocycles. The summed E-state index contributed by atoms with van der Waals surface area (Å²) in [5, 5.41) is 44.3. The summed E-state index contributed by atoms with van der Waals surface area (Å²) in [4.78, 5) is 2.04. The highest BCUT2D eigenvalue weighted by atomic mass is 15.1. The number of anilines is 1. The molecule has 0 aliphatic rings. The number of nitrogens with zero attached hydrogens (tertiary/aromatic N) is 11. The summed E-state index contributed by atoms with van der Waals surface area (Å²) in [5.74, 6) is 0. The van der Waals surface area contributed by atoms with Crippen molar-refractivity contribution in [2.75, 3.05) is 19.0 Å². The summed E-state index contributed by atoms with van der Waals surface area (Å²) in [6.45, 7) is 9.96. The fraction of sp³-hybridized carbons (Fsp3) is 0.163. The van der Waals surface area contributed by atoms with Crippen molar-refractivity contribution in [3.05, 3.63) is 149 Å². The largest absolute Gasteiger partial charge is 0.378 e. The Kier molecular flexibility index (Phi) is 11.7. The van der Waals surface area contributed by atoms with Crippen LogP contribution in [0.1, 0.15) is 27.8 Å². The smallest absolute Gasteiger partial charge is 0.0887 e. The van der Waals surface area contributed by atoms with Gasteiger partial charge in [0.25, 0.3) is 0 Å². The van der Waals surface area contributed by atoms with Crippen LogP contribution >= 0.6 is 0 Å². The first-order chi connectivity index (χ1) is 26.1. The van der Waals surface area contributed by atoms with Crippen LogP contribution < -0.4 is 4.90 Å². The molecule has 6 aromatic rings. The van der Waals surface area contributed by atoms with Crippen LogP contribution in [0.25, 0.3) is 0 Å². The second kappa shape index (κ2) is 17.1. The number of hydrogen-bond donors (Lipinski definition) is 0. The molecular formula is C43H41N11. The van der Waals surface area contributed by atoms with Crippen LogP contribution in [0.3, 0.4) is 0 Å². The number of hydrogen-bond acceptors (Lipinski definition) is 11. The molecule has 0 spiro atoms. The molecular weight excluding hydrogens is 671 g/mol. The minimum absolute atomic E-state index is 0.717. The van der Waals surface area contributed by atoms with Crippen LogP contribution in [0.4, 0.5) is 62.6 Å². The highest BCUT2D eigenvalue weighted by Crippen LogP contribution is 2.33. The third-order valence-electron chi connectivity index (χ3n) is 8.50. The highest BCUT2D eigenvalue weighted by molar-refractivity contribution is 5.59. The summed E-state index contributed by atoms with van der Waals surface area (Å²) >= 11 is 0.